The van der Waals surface area contributed by atoms with Crippen molar-refractivity contribution in [3.05, 3.63) is 40.1 Å². The third kappa shape index (κ3) is 5.30. The molecular weight excluding hydrogens is 378 g/mol. The van der Waals surface area contributed by atoms with E-state index in [1.165, 1.54) is 0 Å². The number of guanidine groups is 1. The molecule has 2 aromatic rings. The minimum absolute atomic E-state index is 0.332. The van der Waals surface area contributed by atoms with Gasteiger partial charge in [0.25, 0.3) is 0 Å². The second-order valence-electron chi connectivity index (χ2n) is 6.33. The first kappa shape index (κ1) is 21.8. The predicted molar refractivity (Wildman–Crippen MR) is 113 cm³/mol. The lowest BCUT2D eigenvalue weighted by Gasteiger charge is -2.24. The van der Waals surface area contributed by atoms with Crippen LogP contribution < -0.4 is 24.8 Å². The van der Waals surface area contributed by atoms with Gasteiger partial charge in [0.2, 0.25) is 5.75 Å². The molecule has 0 aliphatic carbocycles. The number of hydrogen-bond donors (Lipinski definition) is 3. The molecule has 8 heteroatoms. The van der Waals surface area contributed by atoms with Crippen LogP contribution in [0.4, 0.5) is 0 Å². The molecule has 0 saturated heterocycles. The molecule has 0 spiro atoms. The Kier molecular flexibility index (Phi) is 7.95. The second-order valence-corrected chi connectivity index (χ2v) is 7.11. The normalized spacial score (nSPS) is 13.6. The first-order valence-corrected chi connectivity index (χ1v) is 9.96. The lowest BCUT2D eigenvalue weighted by atomic mass is 9.99. The largest absolute Gasteiger partial charge is 0.493 e. The quantitative estimate of drug-likeness (QED) is 0.438. The van der Waals surface area contributed by atoms with E-state index in [0.29, 0.717) is 42.8 Å². The van der Waals surface area contributed by atoms with Crippen LogP contribution in [0.25, 0.3) is 0 Å². The van der Waals surface area contributed by atoms with Crippen molar-refractivity contribution in [3.63, 3.8) is 0 Å². The molecule has 1 unspecified atom stereocenters. The van der Waals surface area contributed by atoms with Crippen LogP contribution in [-0.4, -0.2) is 45.5 Å². The number of hydrogen-bond acceptors (Lipinski definition) is 6. The van der Waals surface area contributed by atoms with Crippen LogP contribution in [0.3, 0.4) is 0 Å². The Morgan fingerprint density at radius 1 is 1.11 bits per heavy atom. The summed E-state index contributed by atoms with van der Waals surface area (Å²) in [7, 11) is 4.75. The van der Waals surface area contributed by atoms with E-state index in [0.717, 1.165) is 11.1 Å². The van der Waals surface area contributed by atoms with Gasteiger partial charge in [-0.25, -0.2) is 4.99 Å². The van der Waals surface area contributed by atoms with Crippen molar-refractivity contribution < 1.29 is 19.3 Å². The van der Waals surface area contributed by atoms with Gasteiger partial charge in [-0.05, 0) is 48.4 Å². The minimum Gasteiger partial charge on any atom is -0.493 e. The van der Waals surface area contributed by atoms with E-state index in [9.17, 15) is 5.11 Å². The molecule has 0 bridgehead atoms. The summed E-state index contributed by atoms with van der Waals surface area (Å²) in [5.74, 6) is 2.33. The van der Waals surface area contributed by atoms with Gasteiger partial charge >= 0.3 is 0 Å². The molecule has 0 amide bonds. The molecule has 7 nitrogen and oxygen atoms in total. The maximum Gasteiger partial charge on any atom is 0.203 e. The highest BCUT2D eigenvalue weighted by Gasteiger charge is 2.23. The highest BCUT2D eigenvalue weighted by molar-refractivity contribution is 7.08. The van der Waals surface area contributed by atoms with E-state index in [2.05, 4.69) is 15.6 Å². The molecule has 0 aliphatic heterocycles. The zero-order valence-electron chi connectivity index (χ0n) is 17.0. The molecule has 0 radical (unpaired) electrons. The lowest BCUT2D eigenvalue weighted by molar-refractivity contribution is 0.0621. The number of rotatable bonds is 9. The number of ether oxygens (including phenoxy) is 3. The number of methoxy groups -OCH3 is 3. The van der Waals surface area contributed by atoms with Crippen LogP contribution in [0.5, 0.6) is 17.2 Å². The smallest absolute Gasteiger partial charge is 0.203 e. The van der Waals surface area contributed by atoms with Crippen LogP contribution in [0, 0.1) is 0 Å². The third-order valence-corrected chi connectivity index (χ3v) is 4.96. The monoisotopic (exact) mass is 407 g/mol. The Morgan fingerprint density at radius 2 is 1.86 bits per heavy atom. The Labute approximate surface area is 170 Å². The summed E-state index contributed by atoms with van der Waals surface area (Å²) >= 11 is 1.56. The van der Waals surface area contributed by atoms with Gasteiger partial charge in [0, 0.05) is 12.1 Å². The SMILES string of the molecule is CCNC(=NCc1ccc(OC)c(OC)c1OC)NCC(C)(O)c1ccsc1. The highest BCUT2D eigenvalue weighted by Crippen LogP contribution is 2.39. The van der Waals surface area contributed by atoms with E-state index >= 15 is 0 Å². The molecule has 1 atom stereocenters. The zero-order chi connectivity index (χ0) is 20.6. The molecule has 2 rings (SSSR count). The fourth-order valence-corrected chi connectivity index (χ4v) is 3.51. The van der Waals surface area contributed by atoms with Crippen molar-refractivity contribution in [2.45, 2.75) is 26.0 Å². The van der Waals surface area contributed by atoms with Gasteiger partial charge in [-0.1, -0.05) is 0 Å². The van der Waals surface area contributed by atoms with Crippen molar-refractivity contribution in [3.8, 4) is 17.2 Å². The minimum atomic E-state index is -0.989. The van der Waals surface area contributed by atoms with Crippen molar-refractivity contribution in [1.29, 1.82) is 0 Å². The average molecular weight is 408 g/mol. The topological polar surface area (TPSA) is 84.3 Å². The first-order valence-electron chi connectivity index (χ1n) is 9.01. The summed E-state index contributed by atoms with van der Waals surface area (Å²) < 4.78 is 16.3. The molecule has 3 N–H and O–H groups in total. The first-order chi connectivity index (χ1) is 13.5. The molecular formula is C20H29N3O4S. The zero-order valence-corrected chi connectivity index (χ0v) is 17.9. The van der Waals surface area contributed by atoms with E-state index in [-0.39, 0.29) is 0 Å². The van der Waals surface area contributed by atoms with E-state index < -0.39 is 5.60 Å². The predicted octanol–water partition coefficient (Wildman–Crippen LogP) is 2.74. The average Bonchev–Trinajstić information content (AvgIpc) is 3.25. The fourth-order valence-electron chi connectivity index (χ4n) is 2.72. The van der Waals surface area contributed by atoms with E-state index in [1.807, 2.05) is 35.9 Å². The van der Waals surface area contributed by atoms with Gasteiger partial charge in [0.15, 0.2) is 17.5 Å². The second kappa shape index (κ2) is 10.2. The van der Waals surface area contributed by atoms with Crippen molar-refractivity contribution in [2.75, 3.05) is 34.4 Å². The number of aliphatic hydroxyl groups is 1. The summed E-state index contributed by atoms with van der Waals surface area (Å²) in [5, 5.41) is 21.0. The van der Waals surface area contributed by atoms with Gasteiger partial charge in [-0.3, -0.25) is 0 Å². The van der Waals surface area contributed by atoms with Crippen LogP contribution >= 0.6 is 11.3 Å². The third-order valence-electron chi connectivity index (χ3n) is 4.28. The van der Waals surface area contributed by atoms with Crippen LogP contribution in [0.15, 0.2) is 34.0 Å². The Hall–Kier alpha value is -2.45. The summed E-state index contributed by atoms with van der Waals surface area (Å²) in [5.41, 5.74) is 0.751. The summed E-state index contributed by atoms with van der Waals surface area (Å²) in [6.45, 7) is 5.18. The molecule has 0 saturated carbocycles. The summed E-state index contributed by atoms with van der Waals surface area (Å²) in [4.78, 5) is 4.62. The standard InChI is InChI=1S/C20H29N3O4S/c1-6-21-19(23-13-20(2,24)15-9-10-28-12-15)22-11-14-7-8-16(25-3)18(27-5)17(14)26-4/h7-10,12,24H,6,11,13H2,1-5H3,(H2,21,22,23). The molecule has 1 heterocycles. The number of benzene rings is 1. The summed E-state index contributed by atoms with van der Waals surface area (Å²) in [6, 6.07) is 5.65. The molecule has 0 fully saturated rings. The molecule has 1 aromatic heterocycles. The maximum atomic E-state index is 10.7. The number of thiophene rings is 1. The molecule has 1 aromatic carbocycles. The van der Waals surface area contributed by atoms with Crippen LogP contribution in [0.2, 0.25) is 0 Å². The molecule has 28 heavy (non-hydrogen) atoms. The van der Waals surface area contributed by atoms with Crippen molar-refractivity contribution >= 4 is 17.3 Å². The van der Waals surface area contributed by atoms with Crippen LogP contribution in [0.1, 0.15) is 25.0 Å². The molecule has 0 aliphatic rings. The van der Waals surface area contributed by atoms with E-state index in [1.54, 1.807) is 39.6 Å². The lowest BCUT2D eigenvalue weighted by Crippen LogP contribution is -2.44. The number of nitrogens with one attached hydrogen (secondary N) is 2. The van der Waals surface area contributed by atoms with Gasteiger partial charge in [0.05, 0.1) is 34.4 Å². The summed E-state index contributed by atoms with van der Waals surface area (Å²) in [6.07, 6.45) is 0. The van der Waals surface area contributed by atoms with Gasteiger partial charge < -0.3 is 30.0 Å². The number of nitrogens with zero attached hydrogens (tertiary/aromatic N) is 1. The fraction of sp³-hybridized carbons (Fsp3) is 0.450. The number of aliphatic imine (C=N–C) groups is 1. The van der Waals surface area contributed by atoms with Gasteiger partial charge in [0.1, 0.15) is 5.60 Å². The van der Waals surface area contributed by atoms with Gasteiger partial charge in [-0.15, -0.1) is 0 Å². The van der Waals surface area contributed by atoms with Crippen LogP contribution in [-0.2, 0) is 12.1 Å². The molecule has 154 valence electrons. The Morgan fingerprint density at radius 3 is 2.43 bits per heavy atom. The maximum absolute atomic E-state index is 10.7. The Bertz CT molecular complexity index is 776. The van der Waals surface area contributed by atoms with Crippen molar-refractivity contribution in [1.82, 2.24) is 10.6 Å². The van der Waals surface area contributed by atoms with E-state index in [4.69, 9.17) is 14.2 Å². The van der Waals surface area contributed by atoms with Gasteiger partial charge in [-0.2, -0.15) is 11.3 Å². The Balaban J connectivity index is 2.16. The van der Waals surface area contributed by atoms with Crippen molar-refractivity contribution in [2.24, 2.45) is 4.99 Å². The highest BCUT2D eigenvalue weighted by atomic mass is 32.1.